The molecular weight excluding hydrogens is 286 g/mol. The van der Waals surface area contributed by atoms with E-state index < -0.39 is 23.1 Å². The first-order valence-corrected chi connectivity index (χ1v) is 7.41. The number of fused-ring (bicyclic) bond motifs is 2. The summed E-state index contributed by atoms with van der Waals surface area (Å²) in [5.74, 6) is 0.111. The zero-order valence-electron chi connectivity index (χ0n) is 12.9. The van der Waals surface area contributed by atoms with Crippen molar-refractivity contribution in [1.29, 1.82) is 5.41 Å². The van der Waals surface area contributed by atoms with Crippen LogP contribution >= 0.6 is 0 Å². The lowest BCUT2D eigenvalue weighted by Crippen LogP contribution is -2.52. The molecule has 2 bridgehead atoms. The summed E-state index contributed by atoms with van der Waals surface area (Å²) in [7, 11) is 0. The molecule has 0 amide bonds. The molecule has 1 aromatic rings. The average molecular weight is 307 g/mol. The molecular formula is C14H21N5O3. The molecule has 0 aromatic carbocycles. The van der Waals surface area contributed by atoms with E-state index in [-0.39, 0.29) is 17.9 Å². The zero-order chi connectivity index (χ0) is 16.2. The number of nitrogens with zero attached hydrogens (tertiary/aromatic N) is 2. The van der Waals surface area contributed by atoms with Crippen LogP contribution in [0.3, 0.4) is 0 Å². The van der Waals surface area contributed by atoms with Crippen molar-refractivity contribution in [2.75, 3.05) is 6.54 Å². The third-order valence-corrected chi connectivity index (χ3v) is 5.12. The lowest BCUT2D eigenvalue weighted by atomic mass is 9.88. The van der Waals surface area contributed by atoms with Gasteiger partial charge in [-0.2, -0.15) is 0 Å². The van der Waals surface area contributed by atoms with E-state index in [1.165, 1.54) is 10.8 Å². The van der Waals surface area contributed by atoms with Gasteiger partial charge >= 0.3 is 5.69 Å². The van der Waals surface area contributed by atoms with E-state index in [1.807, 2.05) is 6.92 Å². The Labute approximate surface area is 127 Å². The van der Waals surface area contributed by atoms with Gasteiger partial charge < -0.3 is 15.4 Å². The van der Waals surface area contributed by atoms with Crippen LogP contribution in [0.4, 0.5) is 0 Å². The molecule has 0 radical (unpaired) electrons. The molecule has 3 heterocycles. The molecule has 2 aliphatic rings. The van der Waals surface area contributed by atoms with Crippen LogP contribution in [0.1, 0.15) is 32.1 Å². The van der Waals surface area contributed by atoms with Gasteiger partial charge in [0.25, 0.3) is 5.56 Å². The van der Waals surface area contributed by atoms with E-state index in [9.17, 15) is 9.59 Å². The van der Waals surface area contributed by atoms with Crippen molar-refractivity contribution in [3.8, 4) is 0 Å². The van der Waals surface area contributed by atoms with Gasteiger partial charge in [-0.15, -0.1) is 0 Å². The van der Waals surface area contributed by atoms with E-state index in [4.69, 9.17) is 15.9 Å². The van der Waals surface area contributed by atoms with E-state index >= 15 is 0 Å². The fourth-order valence-electron chi connectivity index (χ4n) is 3.73. The predicted octanol–water partition coefficient (Wildman–Crippen LogP) is -0.264. The summed E-state index contributed by atoms with van der Waals surface area (Å²) >= 11 is 0. The Bertz CT molecular complexity index is 739. The van der Waals surface area contributed by atoms with Gasteiger partial charge in [-0.05, 0) is 13.3 Å². The second-order valence-corrected chi connectivity index (χ2v) is 6.20. The number of aryl methyl sites for hydroxylation is 1. The largest absolute Gasteiger partial charge is 0.370 e. The maximum Gasteiger partial charge on any atom is 0.330 e. The summed E-state index contributed by atoms with van der Waals surface area (Å²) in [6, 6.07) is -0.194. The first kappa shape index (κ1) is 14.8. The Morgan fingerprint density at radius 3 is 2.82 bits per heavy atom. The smallest absolute Gasteiger partial charge is 0.330 e. The Morgan fingerprint density at radius 2 is 2.27 bits per heavy atom. The first-order valence-electron chi connectivity index (χ1n) is 7.41. The Hall–Kier alpha value is -2.09. The molecule has 2 aliphatic heterocycles. The lowest BCUT2D eigenvalue weighted by Gasteiger charge is -2.37. The minimum atomic E-state index is -0.560. The number of hydrogen-bond acceptors (Lipinski definition) is 4. The number of ether oxygens (including phenoxy) is 1. The number of aromatic amines is 1. The number of hydrogen-bond donors (Lipinski definition) is 3. The van der Waals surface area contributed by atoms with Crippen LogP contribution in [0.5, 0.6) is 0 Å². The molecule has 120 valence electrons. The van der Waals surface area contributed by atoms with E-state index in [0.717, 1.165) is 6.42 Å². The summed E-state index contributed by atoms with van der Waals surface area (Å²) < 4.78 is 7.61. The quantitative estimate of drug-likeness (QED) is 0.514. The third-order valence-electron chi connectivity index (χ3n) is 5.12. The summed E-state index contributed by atoms with van der Waals surface area (Å²) in [6.45, 7) is 6.28. The van der Waals surface area contributed by atoms with Crippen molar-refractivity contribution >= 4 is 5.96 Å². The van der Waals surface area contributed by atoms with Gasteiger partial charge in [-0.25, -0.2) is 4.79 Å². The van der Waals surface area contributed by atoms with E-state index in [1.54, 1.807) is 11.8 Å². The normalized spacial score (nSPS) is 33.4. The van der Waals surface area contributed by atoms with Gasteiger partial charge in [0, 0.05) is 17.7 Å². The highest BCUT2D eigenvalue weighted by molar-refractivity contribution is 5.76. The minimum Gasteiger partial charge on any atom is -0.370 e. The van der Waals surface area contributed by atoms with Gasteiger partial charge in [-0.1, -0.05) is 13.8 Å². The summed E-state index contributed by atoms with van der Waals surface area (Å²) in [5.41, 5.74) is 4.82. The number of morpholine rings is 1. The number of aromatic nitrogens is 2. The van der Waals surface area contributed by atoms with Crippen LogP contribution in [0, 0.1) is 18.3 Å². The summed E-state index contributed by atoms with van der Waals surface area (Å²) in [6.07, 6.45) is 1.72. The summed E-state index contributed by atoms with van der Waals surface area (Å²) in [4.78, 5) is 27.8. The van der Waals surface area contributed by atoms with Crippen molar-refractivity contribution in [3.05, 3.63) is 32.6 Å². The van der Waals surface area contributed by atoms with E-state index in [2.05, 4.69) is 11.9 Å². The molecule has 8 heteroatoms. The number of nitrogens with one attached hydrogen (secondary N) is 2. The molecule has 22 heavy (non-hydrogen) atoms. The van der Waals surface area contributed by atoms with Crippen LogP contribution in [-0.4, -0.2) is 38.6 Å². The first-order chi connectivity index (χ1) is 10.3. The Balaban J connectivity index is 2.10. The van der Waals surface area contributed by atoms with Crippen molar-refractivity contribution in [2.24, 2.45) is 11.7 Å². The minimum absolute atomic E-state index is 0.0188. The second kappa shape index (κ2) is 4.70. The number of likely N-dealkylation sites (tertiary alicyclic amines) is 1. The van der Waals surface area contributed by atoms with Crippen LogP contribution < -0.4 is 17.0 Å². The maximum atomic E-state index is 12.2. The van der Waals surface area contributed by atoms with Gasteiger partial charge in [0.15, 0.2) is 12.2 Å². The van der Waals surface area contributed by atoms with Crippen LogP contribution in [-0.2, 0) is 4.74 Å². The van der Waals surface area contributed by atoms with Gasteiger partial charge in [-0.3, -0.25) is 19.8 Å². The highest BCUT2D eigenvalue weighted by Crippen LogP contribution is 2.51. The number of rotatable bonds is 2. The fourth-order valence-corrected chi connectivity index (χ4v) is 3.73. The third kappa shape index (κ3) is 1.83. The van der Waals surface area contributed by atoms with Gasteiger partial charge in [0.1, 0.15) is 0 Å². The summed E-state index contributed by atoms with van der Waals surface area (Å²) in [5, 5.41) is 7.78. The molecule has 0 saturated carbocycles. The monoisotopic (exact) mass is 307 g/mol. The molecule has 1 aromatic heterocycles. The highest BCUT2D eigenvalue weighted by Gasteiger charge is 2.61. The average Bonchev–Trinajstić information content (AvgIpc) is 2.91. The SMILES string of the molecule is CC[C@]12CN(C(=N)N)[C@@H](C1C)[C@H](n1cc(C)c(=O)[nH]c1=O)O2. The Kier molecular flexibility index (Phi) is 3.17. The highest BCUT2D eigenvalue weighted by atomic mass is 16.5. The molecule has 4 N–H and O–H groups in total. The standard InChI is InChI=1S/C14H21N5O3/c1-4-14-6-19(12(15)16)9(8(14)3)11(22-14)18-5-7(2)10(20)17-13(18)21/h5,8-9,11H,4,6H2,1-3H3,(H3,15,16)(H,17,20,21)/t8?,9-,11+,14-/m0/s1. The molecule has 4 atom stereocenters. The van der Waals surface area contributed by atoms with Crippen molar-refractivity contribution in [3.63, 3.8) is 0 Å². The molecule has 0 spiro atoms. The molecule has 3 rings (SSSR count). The van der Waals surface area contributed by atoms with Crippen molar-refractivity contribution < 1.29 is 4.74 Å². The number of H-pyrrole nitrogens is 1. The van der Waals surface area contributed by atoms with Crippen LogP contribution in [0.15, 0.2) is 15.8 Å². The number of nitrogens with two attached hydrogens (primary N) is 1. The second-order valence-electron chi connectivity index (χ2n) is 6.20. The Morgan fingerprint density at radius 1 is 1.59 bits per heavy atom. The van der Waals surface area contributed by atoms with Gasteiger partial charge in [0.2, 0.25) is 0 Å². The molecule has 1 unspecified atom stereocenters. The molecule has 2 fully saturated rings. The number of guanidine groups is 1. The molecule has 0 aliphatic carbocycles. The maximum absolute atomic E-state index is 12.2. The fraction of sp³-hybridized carbons (Fsp3) is 0.643. The topological polar surface area (TPSA) is 117 Å². The molecule has 8 nitrogen and oxygen atoms in total. The van der Waals surface area contributed by atoms with Crippen LogP contribution in [0.2, 0.25) is 0 Å². The van der Waals surface area contributed by atoms with E-state index in [0.29, 0.717) is 12.1 Å². The lowest BCUT2D eigenvalue weighted by molar-refractivity contribution is -0.122. The van der Waals surface area contributed by atoms with Gasteiger partial charge in [0.05, 0.1) is 18.2 Å². The van der Waals surface area contributed by atoms with Crippen molar-refractivity contribution in [1.82, 2.24) is 14.5 Å². The van der Waals surface area contributed by atoms with Crippen molar-refractivity contribution in [2.45, 2.75) is 45.1 Å². The van der Waals surface area contributed by atoms with Crippen LogP contribution in [0.25, 0.3) is 0 Å². The zero-order valence-corrected chi connectivity index (χ0v) is 12.9. The molecule has 2 saturated heterocycles. The predicted molar refractivity (Wildman–Crippen MR) is 80.8 cm³/mol.